The lowest BCUT2D eigenvalue weighted by molar-refractivity contribution is 0.0174. The summed E-state index contributed by atoms with van der Waals surface area (Å²) in [4.78, 5) is 0. The van der Waals surface area contributed by atoms with Gasteiger partial charge in [0, 0.05) is 0 Å². The maximum Gasteiger partial charge on any atom is 0.0645 e. The van der Waals surface area contributed by atoms with Crippen molar-refractivity contribution in [1.82, 2.24) is 5.32 Å². The van der Waals surface area contributed by atoms with Crippen molar-refractivity contribution in [1.29, 1.82) is 0 Å². The number of hydrogen-bond donors (Lipinski definition) is 2. The lowest BCUT2D eigenvalue weighted by Gasteiger charge is -2.24. The van der Waals surface area contributed by atoms with Crippen LogP contribution in [0.2, 0.25) is 0 Å². The standard InChI is InChI=1S/C11H25NO2/c1-9(6-11(2,3)4)14-8-10(7-13)12-5/h9-10,12-13H,6-8H2,1-5H3. The van der Waals surface area contributed by atoms with E-state index in [4.69, 9.17) is 9.84 Å². The molecule has 0 rings (SSSR count). The molecule has 0 aromatic heterocycles. The first-order valence-corrected chi connectivity index (χ1v) is 5.28. The van der Waals surface area contributed by atoms with E-state index in [1.54, 1.807) is 0 Å². The highest BCUT2D eigenvalue weighted by molar-refractivity contribution is 4.68. The third-order valence-corrected chi connectivity index (χ3v) is 2.11. The van der Waals surface area contributed by atoms with Gasteiger partial charge < -0.3 is 15.2 Å². The minimum Gasteiger partial charge on any atom is -0.395 e. The molecule has 86 valence electrons. The Labute approximate surface area is 87.8 Å². The van der Waals surface area contributed by atoms with E-state index >= 15 is 0 Å². The van der Waals surface area contributed by atoms with Gasteiger partial charge in [0.2, 0.25) is 0 Å². The lowest BCUT2D eigenvalue weighted by atomic mass is 9.90. The first-order valence-electron chi connectivity index (χ1n) is 5.28. The van der Waals surface area contributed by atoms with Crippen LogP contribution in [0.5, 0.6) is 0 Å². The second-order valence-corrected chi connectivity index (χ2v) is 5.08. The maximum atomic E-state index is 8.93. The van der Waals surface area contributed by atoms with Gasteiger partial charge in [0.05, 0.1) is 25.4 Å². The Morgan fingerprint density at radius 1 is 1.36 bits per heavy atom. The van der Waals surface area contributed by atoms with Gasteiger partial charge >= 0.3 is 0 Å². The molecule has 2 N–H and O–H groups in total. The zero-order valence-corrected chi connectivity index (χ0v) is 10.1. The minimum absolute atomic E-state index is 0.0532. The Morgan fingerprint density at radius 2 is 1.93 bits per heavy atom. The summed E-state index contributed by atoms with van der Waals surface area (Å²) in [6.45, 7) is 9.38. The summed E-state index contributed by atoms with van der Waals surface area (Å²) in [5, 5.41) is 11.9. The van der Waals surface area contributed by atoms with Crippen molar-refractivity contribution in [3.8, 4) is 0 Å². The number of aliphatic hydroxyl groups is 1. The van der Waals surface area contributed by atoms with Gasteiger partial charge in [0.1, 0.15) is 0 Å². The van der Waals surface area contributed by atoms with Crippen LogP contribution in [0, 0.1) is 5.41 Å². The van der Waals surface area contributed by atoms with Crippen LogP contribution in [0.3, 0.4) is 0 Å². The fourth-order valence-corrected chi connectivity index (χ4v) is 1.43. The van der Waals surface area contributed by atoms with Crippen LogP contribution in [0.4, 0.5) is 0 Å². The van der Waals surface area contributed by atoms with Crippen molar-refractivity contribution in [2.24, 2.45) is 5.41 Å². The molecular formula is C11H25NO2. The Morgan fingerprint density at radius 3 is 2.29 bits per heavy atom. The molecule has 0 bridgehead atoms. The predicted octanol–water partition coefficient (Wildman–Crippen LogP) is 1.41. The molecule has 0 aliphatic carbocycles. The molecule has 0 fully saturated rings. The van der Waals surface area contributed by atoms with Gasteiger partial charge in [0.25, 0.3) is 0 Å². The van der Waals surface area contributed by atoms with Crippen molar-refractivity contribution >= 4 is 0 Å². The average molecular weight is 203 g/mol. The zero-order chi connectivity index (χ0) is 11.2. The van der Waals surface area contributed by atoms with E-state index in [2.05, 4.69) is 33.0 Å². The van der Waals surface area contributed by atoms with Crippen molar-refractivity contribution in [2.45, 2.75) is 46.3 Å². The minimum atomic E-state index is 0.0532. The Hall–Kier alpha value is -0.120. The maximum absolute atomic E-state index is 8.93. The van der Waals surface area contributed by atoms with E-state index in [9.17, 15) is 0 Å². The fraction of sp³-hybridized carbons (Fsp3) is 1.00. The van der Waals surface area contributed by atoms with Crippen LogP contribution < -0.4 is 5.32 Å². The van der Waals surface area contributed by atoms with E-state index in [1.807, 2.05) is 7.05 Å². The van der Waals surface area contributed by atoms with Crippen molar-refractivity contribution in [3.63, 3.8) is 0 Å². The number of nitrogens with one attached hydrogen (secondary N) is 1. The van der Waals surface area contributed by atoms with Gasteiger partial charge in [-0.05, 0) is 25.8 Å². The number of aliphatic hydroxyl groups excluding tert-OH is 1. The Bertz CT molecular complexity index is 139. The van der Waals surface area contributed by atoms with Gasteiger partial charge in [-0.1, -0.05) is 20.8 Å². The smallest absolute Gasteiger partial charge is 0.0645 e. The number of likely N-dealkylation sites (N-methyl/N-ethyl adjacent to an activating group) is 1. The fourth-order valence-electron chi connectivity index (χ4n) is 1.43. The molecule has 14 heavy (non-hydrogen) atoms. The molecular weight excluding hydrogens is 178 g/mol. The molecule has 2 unspecified atom stereocenters. The van der Waals surface area contributed by atoms with Gasteiger partial charge in [-0.25, -0.2) is 0 Å². The summed E-state index contributed by atoms with van der Waals surface area (Å²) in [6, 6.07) is 0.0532. The number of ether oxygens (including phenoxy) is 1. The van der Waals surface area contributed by atoms with Crippen molar-refractivity contribution in [2.75, 3.05) is 20.3 Å². The molecule has 0 aromatic rings. The first kappa shape index (κ1) is 13.9. The quantitative estimate of drug-likeness (QED) is 0.686. The SMILES string of the molecule is CNC(CO)COC(C)CC(C)(C)C. The Kier molecular flexibility index (Phi) is 6.33. The molecule has 0 saturated carbocycles. The highest BCUT2D eigenvalue weighted by Crippen LogP contribution is 2.21. The molecule has 0 radical (unpaired) electrons. The van der Waals surface area contributed by atoms with Crippen LogP contribution in [-0.2, 0) is 4.74 Å². The average Bonchev–Trinajstić information content (AvgIpc) is 2.03. The summed E-state index contributed by atoms with van der Waals surface area (Å²) in [7, 11) is 1.83. The first-order chi connectivity index (χ1) is 6.39. The molecule has 0 amide bonds. The summed E-state index contributed by atoms with van der Waals surface area (Å²) < 4.78 is 5.64. The van der Waals surface area contributed by atoms with Crippen LogP contribution >= 0.6 is 0 Å². The lowest BCUT2D eigenvalue weighted by Crippen LogP contribution is -2.35. The van der Waals surface area contributed by atoms with Gasteiger partial charge in [-0.2, -0.15) is 0 Å². The topological polar surface area (TPSA) is 41.5 Å². The highest BCUT2D eigenvalue weighted by atomic mass is 16.5. The zero-order valence-electron chi connectivity index (χ0n) is 10.1. The highest BCUT2D eigenvalue weighted by Gasteiger charge is 2.16. The molecule has 0 saturated heterocycles. The third-order valence-electron chi connectivity index (χ3n) is 2.11. The van der Waals surface area contributed by atoms with Crippen LogP contribution in [0.25, 0.3) is 0 Å². The van der Waals surface area contributed by atoms with Crippen molar-refractivity contribution in [3.05, 3.63) is 0 Å². The summed E-state index contributed by atoms with van der Waals surface area (Å²) in [5.41, 5.74) is 0.299. The van der Waals surface area contributed by atoms with Crippen LogP contribution in [0.1, 0.15) is 34.1 Å². The van der Waals surface area contributed by atoms with E-state index in [0.29, 0.717) is 12.0 Å². The monoisotopic (exact) mass is 203 g/mol. The summed E-state index contributed by atoms with van der Waals surface area (Å²) in [6.07, 6.45) is 1.28. The molecule has 0 heterocycles. The molecule has 3 nitrogen and oxygen atoms in total. The predicted molar refractivity (Wildman–Crippen MR) is 59.4 cm³/mol. The van der Waals surface area contributed by atoms with Gasteiger partial charge in [-0.15, -0.1) is 0 Å². The molecule has 0 aliphatic rings. The Balaban J connectivity index is 3.67. The van der Waals surface area contributed by atoms with Crippen molar-refractivity contribution < 1.29 is 9.84 Å². The molecule has 2 atom stereocenters. The molecule has 3 heteroatoms. The second-order valence-electron chi connectivity index (χ2n) is 5.08. The second kappa shape index (κ2) is 6.38. The van der Waals surface area contributed by atoms with E-state index in [0.717, 1.165) is 6.42 Å². The van der Waals surface area contributed by atoms with E-state index in [-0.39, 0.29) is 18.8 Å². The number of hydrogen-bond acceptors (Lipinski definition) is 3. The molecule has 0 aromatic carbocycles. The summed E-state index contributed by atoms with van der Waals surface area (Å²) >= 11 is 0. The third kappa shape index (κ3) is 7.30. The van der Waals surface area contributed by atoms with Gasteiger partial charge in [-0.3, -0.25) is 0 Å². The molecule has 0 aliphatic heterocycles. The van der Waals surface area contributed by atoms with E-state index in [1.165, 1.54) is 0 Å². The van der Waals surface area contributed by atoms with Gasteiger partial charge in [0.15, 0.2) is 0 Å². The normalized spacial score (nSPS) is 16.7. The largest absolute Gasteiger partial charge is 0.395 e. The summed E-state index contributed by atoms with van der Waals surface area (Å²) in [5.74, 6) is 0. The van der Waals surface area contributed by atoms with Crippen LogP contribution in [0.15, 0.2) is 0 Å². The molecule has 0 spiro atoms. The van der Waals surface area contributed by atoms with E-state index < -0.39 is 0 Å². The van der Waals surface area contributed by atoms with Crippen LogP contribution in [-0.4, -0.2) is 37.5 Å². The number of rotatable bonds is 6.